The SMILES string of the molecule is O=[C]C=Cc1ccccc1Br. The minimum Gasteiger partial charge on any atom is -0.286 e. The summed E-state index contributed by atoms with van der Waals surface area (Å²) >= 11 is 3.35. The summed E-state index contributed by atoms with van der Waals surface area (Å²) in [5.74, 6) is 0. The van der Waals surface area contributed by atoms with Gasteiger partial charge in [0.1, 0.15) is 0 Å². The van der Waals surface area contributed by atoms with Gasteiger partial charge in [-0.25, -0.2) is 0 Å². The zero-order valence-electron chi connectivity index (χ0n) is 5.75. The van der Waals surface area contributed by atoms with Gasteiger partial charge in [-0.05, 0) is 23.8 Å². The molecule has 1 radical (unpaired) electrons. The molecule has 0 spiro atoms. The third kappa shape index (κ3) is 2.31. The molecule has 0 fully saturated rings. The second-order valence-electron chi connectivity index (χ2n) is 1.97. The lowest BCUT2D eigenvalue weighted by molar-refractivity contribution is 0.564. The third-order valence-corrected chi connectivity index (χ3v) is 1.96. The summed E-state index contributed by atoms with van der Waals surface area (Å²) in [5, 5.41) is 0. The summed E-state index contributed by atoms with van der Waals surface area (Å²) in [5.41, 5.74) is 0.982. The molecule has 0 N–H and O–H groups in total. The Bertz CT molecular complexity index is 279. The molecule has 0 atom stereocenters. The topological polar surface area (TPSA) is 17.1 Å². The van der Waals surface area contributed by atoms with Crippen LogP contribution in [0.15, 0.2) is 34.8 Å². The van der Waals surface area contributed by atoms with Gasteiger partial charge in [-0.15, -0.1) is 0 Å². The van der Waals surface area contributed by atoms with E-state index in [0.717, 1.165) is 10.0 Å². The molecule has 0 unspecified atom stereocenters. The lowest BCUT2D eigenvalue weighted by Crippen LogP contribution is -1.72. The highest BCUT2D eigenvalue weighted by molar-refractivity contribution is 9.10. The average molecular weight is 210 g/mol. The van der Waals surface area contributed by atoms with E-state index in [4.69, 9.17) is 0 Å². The molecule has 0 bridgehead atoms. The van der Waals surface area contributed by atoms with Crippen molar-refractivity contribution in [2.24, 2.45) is 0 Å². The molecule has 1 nitrogen and oxygen atoms in total. The summed E-state index contributed by atoms with van der Waals surface area (Å²) in [4.78, 5) is 9.86. The van der Waals surface area contributed by atoms with Crippen LogP contribution in [-0.2, 0) is 4.79 Å². The van der Waals surface area contributed by atoms with E-state index in [9.17, 15) is 4.79 Å². The standard InChI is InChI=1S/C9H6BrO/c10-9-6-2-1-4-8(9)5-3-7-11/h1-6H. The van der Waals surface area contributed by atoms with Gasteiger partial charge >= 0.3 is 0 Å². The van der Waals surface area contributed by atoms with Crippen LogP contribution in [0.5, 0.6) is 0 Å². The number of rotatable bonds is 2. The Hall–Kier alpha value is -0.890. The van der Waals surface area contributed by atoms with Crippen molar-refractivity contribution in [3.8, 4) is 0 Å². The Balaban J connectivity index is 2.94. The fourth-order valence-electron chi connectivity index (χ4n) is 0.734. The first-order valence-electron chi connectivity index (χ1n) is 3.13. The van der Waals surface area contributed by atoms with Crippen molar-refractivity contribution in [3.63, 3.8) is 0 Å². The Morgan fingerprint density at radius 2 is 2.09 bits per heavy atom. The monoisotopic (exact) mass is 209 g/mol. The molecule has 11 heavy (non-hydrogen) atoms. The van der Waals surface area contributed by atoms with Crippen molar-refractivity contribution < 1.29 is 4.79 Å². The van der Waals surface area contributed by atoms with Crippen molar-refractivity contribution in [3.05, 3.63) is 40.4 Å². The molecule has 1 aromatic rings. The van der Waals surface area contributed by atoms with Crippen molar-refractivity contribution >= 4 is 28.3 Å². The van der Waals surface area contributed by atoms with E-state index in [1.807, 2.05) is 24.3 Å². The zero-order valence-corrected chi connectivity index (χ0v) is 7.34. The van der Waals surface area contributed by atoms with E-state index in [0.29, 0.717) is 0 Å². The minimum atomic E-state index is 0.978. The van der Waals surface area contributed by atoms with Crippen molar-refractivity contribution in [1.82, 2.24) is 0 Å². The first kappa shape index (κ1) is 8.21. The summed E-state index contributed by atoms with van der Waals surface area (Å²) in [6.45, 7) is 0. The maximum Gasteiger partial charge on any atom is 0.225 e. The maximum absolute atomic E-state index is 9.86. The van der Waals surface area contributed by atoms with Gasteiger partial charge < -0.3 is 0 Å². The fourth-order valence-corrected chi connectivity index (χ4v) is 1.15. The normalized spacial score (nSPS) is 10.3. The lowest BCUT2D eigenvalue weighted by Gasteiger charge is -1.94. The van der Waals surface area contributed by atoms with Gasteiger partial charge in [-0.3, -0.25) is 4.79 Å². The number of halogens is 1. The molecule has 1 rings (SSSR count). The Labute approximate surface area is 73.9 Å². The molecular formula is C9H6BrO. The quantitative estimate of drug-likeness (QED) is 0.685. The second-order valence-corrected chi connectivity index (χ2v) is 2.83. The van der Waals surface area contributed by atoms with Crippen LogP contribution in [0.25, 0.3) is 6.08 Å². The van der Waals surface area contributed by atoms with Crippen LogP contribution >= 0.6 is 15.9 Å². The summed E-state index contributed by atoms with van der Waals surface area (Å²) < 4.78 is 0.978. The molecule has 0 aromatic heterocycles. The van der Waals surface area contributed by atoms with Gasteiger partial charge in [-0.2, -0.15) is 0 Å². The highest BCUT2D eigenvalue weighted by Crippen LogP contribution is 2.16. The first-order valence-corrected chi connectivity index (χ1v) is 3.92. The van der Waals surface area contributed by atoms with Crippen molar-refractivity contribution in [1.29, 1.82) is 0 Å². The molecule has 0 heterocycles. The number of hydrogen-bond acceptors (Lipinski definition) is 1. The average Bonchev–Trinajstić information content (AvgIpc) is 2.03. The molecular weight excluding hydrogens is 204 g/mol. The van der Waals surface area contributed by atoms with Crippen LogP contribution in [0.4, 0.5) is 0 Å². The van der Waals surface area contributed by atoms with Crippen LogP contribution in [0.1, 0.15) is 5.56 Å². The van der Waals surface area contributed by atoms with Crippen molar-refractivity contribution in [2.45, 2.75) is 0 Å². The first-order chi connectivity index (χ1) is 5.34. The number of allylic oxidation sites excluding steroid dienone is 1. The Kier molecular flexibility index (Phi) is 3.05. The van der Waals surface area contributed by atoms with E-state index in [1.54, 1.807) is 12.4 Å². The molecule has 2 heteroatoms. The summed E-state index contributed by atoms with van der Waals surface area (Å²) in [6, 6.07) is 7.67. The van der Waals surface area contributed by atoms with E-state index in [2.05, 4.69) is 15.9 Å². The highest BCUT2D eigenvalue weighted by atomic mass is 79.9. The van der Waals surface area contributed by atoms with Crippen LogP contribution in [0.2, 0.25) is 0 Å². The number of benzene rings is 1. The molecule has 55 valence electrons. The third-order valence-electron chi connectivity index (χ3n) is 1.24. The molecule has 0 aliphatic heterocycles. The number of hydrogen-bond donors (Lipinski definition) is 0. The summed E-state index contributed by atoms with van der Waals surface area (Å²) in [7, 11) is 0. The summed E-state index contributed by atoms with van der Waals surface area (Å²) in [6.07, 6.45) is 4.74. The fraction of sp³-hybridized carbons (Fsp3) is 0. The largest absolute Gasteiger partial charge is 0.286 e. The van der Waals surface area contributed by atoms with Gasteiger partial charge in [0, 0.05) is 4.47 Å². The van der Waals surface area contributed by atoms with Gasteiger partial charge in [0.2, 0.25) is 6.29 Å². The molecule has 0 saturated carbocycles. The van der Waals surface area contributed by atoms with E-state index in [-0.39, 0.29) is 0 Å². The van der Waals surface area contributed by atoms with Crippen LogP contribution < -0.4 is 0 Å². The van der Waals surface area contributed by atoms with E-state index < -0.39 is 0 Å². The van der Waals surface area contributed by atoms with Gasteiger partial charge in [0.15, 0.2) is 0 Å². The Morgan fingerprint density at radius 3 is 2.73 bits per heavy atom. The molecule has 0 amide bonds. The van der Waals surface area contributed by atoms with E-state index in [1.165, 1.54) is 6.08 Å². The van der Waals surface area contributed by atoms with Gasteiger partial charge in [-0.1, -0.05) is 34.1 Å². The van der Waals surface area contributed by atoms with Gasteiger partial charge in [0.05, 0.1) is 0 Å². The highest BCUT2D eigenvalue weighted by Gasteiger charge is 1.90. The van der Waals surface area contributed by atoms with Crippen LogP contribution in [0.3, 0.4) is 0 Å². The molecule has 0 aliphatic rings. The molecule has 0 aliphatic carbocycles. The van der Waals surface area contributed by atoms with E-state index >= 15 is 0 Å². The maximum atomic E-state index is 9.86. The van der Waals surface area contributed by atoms with Crippen molar-refractivity contribution in [2.75, 3.05) is 0 Å². The molecule has 0 saturated heterocycles. The number of carbonyl (C=O) groups excluding carboxylic acids is 1. The van der Waals surface area contributed by atoms with Gasteiger partial charge in [0.25, 0.3) is 0 Å². The lowest BCUT2D eigenvalue weighted by atomic mass is 10.2. The second kappa shape index (κ2) is 4.09. The van der Waals surface area contributed by atoms with Crippen LogP contribution in [0, 0.1) is 0 Å². The Morgan fingerprint density at radius 1 is 1.36 bits per heavy atom. The zero-order chi connectivity index (χ0) is 8.10. The predicted molar refractivity (Wildman–Crippen MR) is 48.9 cm³/mol. The smallest absolute Gasteiger partial charge is 0.225 e. The predicted octanol–water partition coefficient (Wildman–Crippen LogP) is 2.57. The molecule has 1 aromatic carbocycles. The van der Waals surface area contributed by atoms with Crippen LogP contribution in [-0.4, -0.2) is 6.29 Å². The minimum absolute atomic E-state index is 0.978.